The number of hydrogen-bond acceptors (Lipinski definition) is 4. The van der Waals surface area contributed by atoms with Crippen LogP contribution in [-0.4, -0.2) is 28.5 Å². The van der Waals surface area contributed by atoms with Gasteiger partial charge in [-0.2, -0.15) is 9.78 Å². The predicted molar refractivity (Wildman–Crippen MR) is 115 cm³/mol. The van der Waals surface area contributed by atoms with Gasteiger partial charge in [-0.25, -0.2) is 0 Å². The van der Waals surface area contributed by atoms with Crippen molar-refractivity contribution in [3.63, 3.8) is 0 Å². The summed E-state index contributed by atoms with van der Waals surface area (Å²) in [5, 5.41) is 9.11. The van der Waals surface area contributed by atoms with Crippen LogP contribution in [0.1, 0.15) is 17.0 Å². The summed E-state index contributed by atoms with van der Waals surface area (Å²) in [5.74, 6) is 0.774. The van der Waals surface area contributed by atoms with E-state index in [1.807, 2.05) is 69.4 Å². The topological polar surface area (TPSA) is 61.1 Å². The van der Waals surface area contributed by atoms with Crippen LogP contribution in [0.5, 0.6) is 5.75 Å². The number of nitrogens with zero attached hydrogens (tertiary/aromatic N) is 3. The Morgan fingerprint density at radius 1 is 1.03 bits per heavy atom. The molecule has 2 aromatic heterocycles. The van der Waals surface area contributed by atoms with E-state index >= 15 is 0 Å². The van der Waals surface area contributed by atoms with Crippen molar-refractivity contribution in [2.24, 2.45) is 0 Å². The van der Waals surface area contributed by atoms with Crippen molar-refractivity contribution in [2.45, 2.75) is 20.4 Å². The SMILES string of the molecule is CNCc1ccc(-n2ncc3c(C)n(-c4cccc(OC)c4)c(C)c3c2=O)cc1. The van der Waals surface area contributed by atoms with Gasteiger partial charge in [0.1, 0.15) is 5.75 Å². The molecule has 0 aliphatic carbocycles. The zero-order chi connectivity index (χ0) is 20.5. The molecule has 29 heavy (non-hydrogen) atoms. The molecular formula is C23H24N4O2. The summed E-state index contributed by atoms with van der Waals surface area (Å²) in [6.45, 7) is 4.76. The number of ether oxygens (including phenoxy) is 1. The second-order valence-corrected chi connectivity index (χ2v) is 7.05. The third kappa shape index (κ3) is 3.21. The van der Waals surface area contributed by atoms with Crippen molar-refractivity contribution < 1.29 is 4.74 Å². The lowest BCUT2D eigenvalue weighted by molar-refractivity contribution is 0.414. The highest BCUT2D eigenvalue weighted by Crippen LogP contribution is 2.27. The lowest BCUT2D eigenvalue weighted by Crippen LogP contribution is -2.21. The Balaban J connectivity index is 1.89. The van der Waals surface area contributed by atoms with E-state index in [0.29, 0.717) is 5.39 Å². The van der Waals surface area contributed by atoms with Crippen LogP contribution in [0.3, 0.4) is 0 Å². The molecule has 0 atom stereocenters. The summed E-state index contributed by atoms with van der Waals surface area (Å²) >= 11 is 0. The van der Waals surface area contributed by atoms with Crippen LogP contribution >= 0.6 is 0 Å². The number of methoxy groups -OCH3 is 1. The first-order valence-corrected chi connectivity index (χ1v) is 9.53. The lowest BCUT2D eigenvalue weighted by atomic mass is 10.2. The molecule has 0 aliphatic heterocycles. The maximum absolute atomic E-state index is 13.3. The van der Waals surface area contributed by atoms with Crippen LogP contribution in [0.4, 0.5) is 0 Å². The molecular weight excluding hydrogens is 364 g/mol. The maximum atomic E-state index is 13.3. The Kier molecular flexibility index (Phi) is 4.94. The molecule has 4 rings (SSSR count). The van der Waals surface area contributed by atoms with E-state index in [9.17, 15) is 4.79 Å². The van der Waals surface area contributed by atoms with Gasteiger partial charge in [0.2, 0.25) is 0 Å². The van der Waals surface area contributed by atoms with E-state index in [1.165, 1.54) is 4.68 Å². The summed E-state index contributed by atoms with van der Waals surface area (Å²) < 4.78 is 8.91. The molecule has 0 bridgehead atoms. The van der Waals surface area contributed by atoms with Crippen molar-refractivity contribution in [2.75, 3.05) is 14.2 Å². The Morgan fingerprint density at radius 3 is 2.48 bits per heavy atom. The van der Waals surface area contributed by atoms with E-state index in [2.05, 4.69) is 15.0 Å². The van der Waals surface area contributed by atoms with E-state index < -0.39 is 0 Å². The fourth-order valence-corrected chi connectivity index (χ4v) is 3.84. The second kappa shape index (κ2) is 7.56. The number of hydrogen-bond donors (Lipinski definition) is 1. The minimum Gasteiger partial charge on any atom is -0.497 e. The van der Waals surface area contributed by atoms with Gasteiger partial charge in [0.15, 0.2) is 0 Å². The van der Waals surface area contributed by atoms with Gasteiger partial charge in [-0.1, -0.05) is 18.2 Å². The van der Waals surface area contributed by atoms with Gasteiger partial charge in [-0.3, -0.25) is 4.79 Å². The molecule has 6 heteroatoms. The van der Waals surface area contributed by atoms with Gasteiger partial charge in [0.05, 0.1) is 24.4 Å². The largest absolute Gasteiger partial charge is 0.497 e. The Hall–Kier alpha value is -3.38. The smallest absolute Gasteiger partial charge is 0.281 e. The molecule has 0 fully saturated rings. The summed E-state index contributed by atoms with van der Waals surface area (Å²) in [4.78, 5) is 13.3. The molecule has 0 amide bonds. The molecule has 0 radical (unpaired) electrons. The highest BCUT2D eigenvalue weighted by molar-refractivity contribution is 5.88. The zero-order valence-electron chi connectivity index (χ0n) is 17.1. The number of nitrogens with one attached hydrogen (secondary N) is 1. The summed E-state index contributed by atoms with van der Waals surface area (Å²) in [6, 6.07) is 15.7. The highest BCUT2D eigenvalue weighted by Gasteiger charge is 2.18. The Morgan fingerprint density at radius 2 is 1.79 bits per heavy atom. The number of aromatic nitrogens is 3. The van der Waals surface area contributed by atoms with E-state index in [-0.39, 0.29) is 5.56 Å². The fraction of sp³-hybridized carbons (Fsp3) is 0.217. The third-order valence-electron chi connectivity index (χ3n) is 5.27. The van der Waals surface area contributed by atoms with Gasteiger partial charge in [-0.15, -0.1) is 0 Å². The number of rotatable bonds is 5. The van der Waals surface area contributed by atoms with E-state index in [4.69, 9.17) is 4.74 Å². The van der Waals surface area contributed by atoms with Crippen LogP contribution in [0.25, 0.3) is 22.1 Å². The van der Waals surface area contributed by atoms with Gasteiger partial charge >= 0.3 is 0 Å². The standard InChI is InChI=1S/C23H24N4O2/c1-15-21-14-25-27(18-10-8-17(9-11-18)13-24-3)23(28)22(21)16(2)26(15)19-6-5-7-20(12-19)29-4/h5-12,14,24H,13H2,1-4H3. The first-order chi connectivity index (χ1) is 14.0. The van der Waals surface area contributed by atoms with Gasteiger partial charge < -0.3 is 14.6 Å². The Labute approximate surface area is 169 Å². The molecule has 2 aromatic carbocycles. The molecule has 0 aliphatic rings. The van der Waals surface area contributed by atoms with Crippen LogP contribution in [0.15, 0.2) is 59.5 Å². The maximum Gasteiger partial charge on any atom is 0.281 e. The molecule has 2 heterocycles. The molecule has 0 spiro atoms. The third-order valence-corrected chi connectivity index (χ3v) is 5.27. The Bertz CT molecular complexity index is 1240. The molecule has 1 N–H and O–H groups in total. The zero-order valence-corrected chi connectivity index (χ0v) is 17.1. The van der Waals surface area contributed by atoms with E-state index in [1.54, 1.807) is 13.3 Å². The fourth-order valence-electron chi connectivity index (χ4n) is 3.84. The minimum absolute atomic E-state index is 0.119. The summed E-state index contributed by atoms with van der Waals surface area (Å²) in [6.07, 6.45) is 1.78. The lowest BCUT2D eigenvalue weighted by Gasteiger charge is -2.10. The van der Waals surface area contributed by atoms with Crippen LogP contribution in [-0.2, 0) is 6.54 Å². The molecule has 4 aromatic rings. The molecule has 0 unspecified atom stereocenters. The molecule has 0 saturated carbocycles. The van der Waals surface area contributed by atoms with Crippen LogP contribution < -0.4 is 15.6 Å². The predicted octanol–water partition coefficient (Wildman–Crippen LogP) is 3.52. The summed E-state index contributed by atoms with van der Waals surface area (Å²) in [7, 11) is 3.56. The van der Waals surface area contributed by atoms with Crippen molar-refractivity contribution in [3.8, 4) is 17.1 Å². The van der Waals surface area contributed by atoms with Gasteiger partial charge in [-0.05, 0) is 50.7 Å². The van der Waals surface area contributed by atoms with Crippen LogP contribution in [0.2, 0.25) is 0 Å². The van der Waals surface area contributed by atoms with Crippen LogP contribution in [0, 0.1) is 13.8 Å². The monoisotopic (exact) mass is 388 g/mol. The number of benzene rings is 2. The second-order valence-electron chi connectivity index (χ2n) is 7.05. The van der Waals surface area contributed by atoms with Gasteiger partial charge in [0, 0.05) is 35.1 Å². The quantitative estimate of drug-likeness (QED) is 0.568. The minimum atomic E-state index is -0.119. The number of fused-ring (bicyclic) bond motifs is 1. The van der Waals surface area contributed by atoms with Crippen molar-refractivity contribution in [1.29, 1.82) is 0 Å². The molecule has 0 saturated heterocycles. The van der Waals surface area contributed by atoms with Crippen molar-refractivity contribution in [1.82, 2.24) is 19.7 Å². The highest BCUT2D eigenvalue weighted by atomic mass is 16.5. The van der Waals surface area contributed by atoms with Gasteiger partial charge in [0.25, 0.3) is 5.56 Å². The normalized spacial score (nSPS) is 11.2. The molecule has 6 nitrogen and oxygen atoms in total. The van der Waals surface area contributed by atoms with Crippen molar-refractivity contribution >= 4 is 10.8 Å². The van der Waals surface area contributed by atoms with Crippen molar-refractivity contribution in [3.05, 3.63) is 82.0 Å². The first kappa shape index (κ1) is 19.0. The average Bonchev–Trinajstić information content (AvgIpc) is 3.00. The summed E-state index contributed by atoms with van der Waals surface area (Å²) in [5.41, 5.74) is 4.61. The van der Waals surface area contributed by atoms with E-state index in [0.717, 1.165) is 46.0 Å². The average molecular weight is 388 g/mol. The first-order valence-electron chi connectivity index (χ1n) is 9.53. The molecule has 148 valence electrons. The number of aryl methyl sites for hydroxylation is 2.